The molecule has 2 atom stereocenters. The largest absolute Gasteiger partial charge is 0.495 e. The molecule has 2 unspecified atom stereocenters. The smallest absolute Gasteiger partial charge is 0.416 e. The summed E-state index contributed by atoms with van der Waals surface area (Å²) in [6, 6.07) is 6.99. The summed E-state index contributed by atoms with van der Waals surface area (Å²) in [4.78, 5) is 13.3. The fourth-order valence-corrected chi connectivity index (χ4v) is 4.69. The molecule has 5 rings (SSSR count). The number of hydrogen-bond donors (Lipinski definition) is 0. The fraction of sp³-hybridized carbons (Fsp3) is 0.385. The Morgan fingerprint density at radius 1 is 1.05 bits per heavy atom. The zero-order valence-corrected chi connectivity index (χ0v) is 21.1. The molecule has 0 saturated carbocycles. The molecule has 0 amide bonds. The van der Waals surface area contributed by atoms with Crippen LogP contribution in [-0.4, -0.2) is 49.9 Å². The molecule has 1 fully saturated rings. The van der Waals surface area contributed by atoms with E-state index >= 15 is 0 Å². The van der Waals surface area contributed by atoms with Crippen molar-refractivity contribution in [2.75, 3.05) is 31.7 Å². The van der Waals surface area contributed by atoms with E-state index < -0.39 is 29.2 Å². The van der Waals surface area contributed by atoms with Gasteiger partial charge in [0.15, 0.2) is 5.76 Å². The average Bonchev–Trinajstić information content (AvgIpc) is 3.47. The molecular weight excluding hydrogens is 530 g/mol. The van der Waals surface area contributed by atoms with Crippen molar-refractivity contribution >= 4 is 23.9 Å². The number of oxime groups is 1. The highest BCUT2D eigenvalue weighted by Crippen LogP contribution is 2.43. The van der Waals surface area contributed by atoms with Gasteiger partial charge in [-0.25, -0.2) is 0 Å². The molecule has 0 N–H and O–H groups in total. The van der Waals surface area contributed by atoms with Gasteiger partial charge in [0.1, 0.15) is 12.4 Å². The normalized spacial score (nSPS) is 24.0. The molecule has 2 aromatic carbocycles. The predicted molar refractivity (Wildman–Crippen MR) is 131 cm³/mol. The van der Waals surface area contributed by atoms with E-state index in [4.69, 9.17) is 14.3 Å². The van der Waals surface area contributed by atoms with Gasteiger partial charge in [-0.05, 0) is 48.9 Å². The van der Waals surface area contributed by atoms with Crippen molar-refractivity contribution < 1.29 is 40.7 Å². The Bertz CT molecular complexity index is 1340. The first-order chi connectivity index (χ1) is 18.3. The summed E-state index contributed by atoms with van der Waals surface area (Å²) in [5.74, 6) is 0.980. The molecule has 208 valence electrons. The Morgan fingerprint density at radius 3 is 2.33 bits per heavy atom. The Kier molecular flexibility index (Phi) is 6.42. The third-order valence-corrected chi connectivity index (χ3v) is 6.73. The standard InChI is InChI=1S/C26H24F6N4O3/c1-15-13-35(14-33-15)20-5-4-16(8-21(20)37-3)9-22-23-34-39-24(2,36(23)6-7-38-22)17-10-18(25(27,28)29)12-19(11-17)26(30,31)32/h4-5,8-12,14-15H,6-7,13H2,1-3H3/b22-9-. The highest BCUT2D eigenvalue weighted by molar-refractivity contribution is 6.01. The molecule has 13 heteroatoms. The quantitative estimate of drug-likeness (QED) is 0.444. The third-order valence-electron chi connectivity index (χ3n) is 6.73. The van der Waals surface area contributed by atoms with Gasteiger partial charge in [0.05, 0.1) is 42.8 Å². The van der Waals surface area contributed by atoms with Gasteiger partial charge in [-0.3, -0.25) is 4.99 Å². The van der Waals surface area contributed by atoms with E-state index in [-0.39, 0.29) is 42.4 Å². The number of anilines is 1. The maximum absolute atomic E-state index is 13.5. The van der Waals surface area contributed by atoms with Crippen molar-refractivity contribution in [3.05, 3.63) is 64.4 Å². The number of fused-ring (bicyclic) bond motifs is 1. The number of nitrogens with zero attached hydrogens (tertiary/aromatic N) is 4. The van der Waals surface area contributed by atoms with Gasteiger partial charge in [-0.15, -0.1) is 0 Å². The Balaban J connectivity index is 1.47. The van der Waals surface area contributed by atoms with Crippen molar-refractivity contribution in [3.63, 3.8) is 0 Å². The molecular formula is C26H24F6N4O3. The Labute approximate surface area is 219 Å². The number of hydrogen-bond acceptors (Lipinski definition) is 7. The molecule has 2 aromatic rings. The summed E-state index contributed by atoms with van der Waals surface area (Å²) < 4.78 is 92.3. The third kappa shape index (κ3) is 4.97. The van der Waals surface area contributed by atoms with Gasteiger partial charge in [-0.1, -0.05) is 11.2 Å². The predicted octanol–water partition coefficient (Wildman–Crippen LogP) is 5.86. The number of aliphatic imine (C=N–C) groups is 1. The molecule has 0 aromatic heterocycles. The first-order valence-corrected chi connectivity index (χ1v) is 12.0. The van der Waals surface area contributed by atoms with Gasteiger partial charge in [0.2, 0.25) is 11.6 Å². The van der Waals surface area contributed by atoms with Gasteiger partial charge >= 0.3 is 12.4 Å². The number of alkyl halides is 6. The SMILES string of the molecule is COc1cc(/C=C2\OCCN3C2=NOC3(C)c2cc(C(F)(F)F)cc(C(F)(F)F)c2)ccc1N1C=NC(C)C1. The summed E-state index contributed by atoms with van der Waals surface area (Å²) in [6.07, 6.45) is -6.59. The van der Waals surface area contributed by atoms with Crippen molar-refractivity contribution in [2.24, 2.45) is 10.1 Å². The van der Waals surface area contributed by atoms with Crippen LogP contribution in [-0.2, 0) is 27.7 Å². The van der Waals surface area contributed by atoms with Crippen molar-refractivity contribution in [3.8, 4) is 5.75 Å². The highest BCUT2D eigenvalue weighted by Gasteiger charge is 2.49. The lowest BCUT2D eigenvalue weighted by molar-refractivity contribution is -0.144. The summed E-state index contributed by atoms with van der Waals surface area (Å²) in [6.45, 7) is 4.30. The molecule has 3 aliphatic heterocycles. The molecule has 0 spiro atoms. The second-order valence-electron chi connectivity index (χ2n) is 9.49. The second-order valence-corrected chi connectivity index (χ2v) is 9.49. The topological polar surface area (TPSA) is 58.9 Å². The average molecular weight is 554 g/mol. The monoisotopic (exact) mass is 554 g/mol. The van der Waals surface area contributed by atoms with Crippen molar-refractivity contribution in [1.82, 2.24) is 4.90 Å². The zero-order chi connectivity index (χ0) is 28.2. The first kappa shape index (κ1) is 26.7. The van der Waals surface area contributed by atoms with Crippen LogP contribution in [0.1, 0.15) is 36.1 Å². The van der Waals surface area contributed by atoms with Crippen LogP contribution >= 0.6 is 0 Å². The number of benzene rings is 2. The summed E-state index contributed by atoms with van der Waals surface area (Å²) in [5, 5.41) is 4.01. The molecule has 0 radical (unpaired) electrons. The first-order valence-electron chi connectivity index (χ1n) is 12.0. The van der Waals surface area contributed by atoms with E-state index in [0.29, 0.717) is 30.0 Å². The second kappa shape index (κ2) is 9.38. The van der Waals surface area contributed by atoms with Crippen LogP contribution in [0.25, 0.3) is 6.08 Å². The van der Waals surface area contributed by atoms with E-state index in [1.165, 1.54) is 18.9 Å². The van der Waals surface area contributed by atoms with Gasteiger partial charge in [0.25, 0.3) is 0 Å². The van der Waals surface area contributed by atoms with E-state index in [0.717, 1.165) is 5.69 Å². The number of morpholine rings is 1. The van der Waals surface area contributed by atoms with E-state index in [9.17, 15) is 26.3 Å². The minimum absolute atomic E-state index is 0.0833. The lowest BCUT2D eigenvalue weighted by Gasteiger charge is -2.37. The summed E-state index contributed by atoms with van der Waals surface area (Å²) in [5.41, 5.74) is -3.44. The minimum atomic E-state index is -4.99. The van der Waals surface area contributed by atoms with Gasteiger partial charge in [0, 0.05) is 19.0 Å². The molecule has 0 bridgehead atoms. The van der Waals surface area contributed by atoms with Gasteiger partial charge in [-0.2, -0.15) is 26.3 Å². The van der Waals surface area contributed by atoms with Crippen LogP contribution in [0.15, 0.2) is 52.3 Å². The fourth-order valence-electron chi connectivity index (χ4n) is 4.69. The highest BCUT2D eigenvalue weighted by atomic mass is 19.4. The molecule has 39 heavy (non-hydrogen) atoms. The van der Waals surface area contributed by atoms with Crippen LogP contribution in [0.2, 0.25) is 0 Å². The van der Waals surface area contributed by atoms with Crippen LogP contribution in [0.3, 0.4) is 0 Å². The van der Waals surface area contributed by atoms with E-state index in [2.05, 4.69) is 10.1 Å². The van der Waals surface area contributed by atoms with Crippen molar-refractivity contribution in [1.29, 1.82) is 0 Å². The molecule has 0 aliphatic carbocycles. The molecule has 3 aliphatic rings. The van der Waals surface area contributed by atoms with E-state index in [1.807, 2.05) is 24.0 Å². The van der Waals surface area contributed by atoms with Crippen molar-refractivity contribution in [2.45, 2.75) is 38.0 Å². The molecule has 3 heterocycles. The number of halogens is 6. The van der Waals surface area contributed by atoms with Gasteiger partial charge < -0.3 is 24.1 Å². The van der Waals surface area contributed by atoms with Crippen LogP contribution < -0.4 is 9.64 Å². The summed E-state index contributed by atoms with van der Waals surface area (Å²) in [7, 11) is 1.54. The van der Waals surface area contributed by atoms with Crippen LogP contribution in [0, 0.1) is 0 Å². The number of amidine groups is 1. The summed E-state index contributed by atoms with van der Waals surface area (Å²) >= 11 is 0. The number of methoxy groups -OCH3 is 1. The molecule has 1 saturated heterocycles. The minimum Gasteiger partial charge on any atom is -0.495 e. The van der Waals surface area contributed by atoms with Crippen LogP contribution in [0.4, 0.5) is 32.0 Å². The van der Waals surface area contributed by atoms with Crippen LogP contribution in [0.5, 0.6) is 5.75 Å². The zero-order valence-electron chi connectivity index (χ0n) is 21.1. The number of ether oxygens (including phenoxy) is 2. The Morgan fingerprint density at radius 2 is 1.74 bits per heavy atom. The molecule has 7 nitrogen and oxygen atoms in total. The lowest BCUT2D eigenvalue weighted by Crippen LogP contribution is -2.49. The maximum Gasteiger partial charge on any atom is 0.416 e. The Hall–Kier alpha value is -3.90. The number of rotatable bonds is 4. The lowest BCUT2D eigenvalue weighted by atomic mass is 9.96. The van der Waals surface area contributed by atoms with E-state index in [1.54, 1.807) is 18.5 Å². The maximum atomic E-state index is 13.5.